The third kappa shape index (κ3) is 3.04. The Bertz CT molecular complexity index is 488. The molecule has 0 radical (unpaired) electrons. The molecule has 0 aliphatic rings. The van der Waals surface area contributed by atoms with E-state index < -0.39 is 0 Å². The number of benzene rings is 2. The molecule has 2 rings (SSSR count). The van der Waals surface area contributed by atoms with Gasteiger partial charge in [0.15, 0.2) is 0 Å². The van der Waals surface area contributed by atoms with Gasteiger partial charge in [-0.05, 0) is 43.7 Å². The van der Waals surface area contributed by atoms with Crippen molar-refractivity contribution in [3.63, 3.8) is 0 Å². The maximum atomic E-state index is 5.14. The lowest BCUT2D eigenvalue weighted by molar-refractivity contribution is 0.415. The van der Waals surface area contributed by atoms with Gasteiger partial charge in [0.2, 0.25) is 0 Å². The SMILES string of the molecule is COc1ccc(NC(C)c2ccc(C)cc2)cc1. The summed E-state index contributed by atoms with van der Waals surface area (Å²) < 4.78 is 5.14. The van der Waals surface area contributed by atoms with Crippen molar-refractivity contribution in [2.75, 3.05) is 12.4 Å². The summed E-state index contributed by atoms with van der Waals surface area (Å²) >= 11 is 0. The molecule has 2 aromatic carbocycles. The normalized spacial score (nSPS) is 11.9. The van der Waals surface area contributed by atoms with Gasteiger partial charge in [0.05, 0.1) is 7.11 Å². The van der Waals surface area contributed by atoms with E-state index in [9.17, 15) is 0 Å². The van der Waals surface area contributed by atoms with Gasteiger partial charge in [-0.25, -0.2) is 0 Å². The number of methoxy groups -OCH3 is 1. The predicted molar refractivity (Wildman–Crippen MR) is 76.2 cm³/mol. The second kappa shape index (κ2) is 5.58. The average molecular weight is 241 g/mol. The smallest absolute Gasteiger partial charge is 0.119 e. The van der Waals surface area contributed by atoms with E-state index in [1.165, 1.54) is 11.1 Å². The van der Waals surface area contributed by atoms with Crippen molar-refractivity contribution in [1.29, 1.82) is 0 Å². The fraction of sp³-hybridized carbons (Fsp3) is 0.250. The highest BCUT2D eigenvalue weighted by molar-refractivity contribution is 5.48. The minimum absolute atomic E-state index is 0.291. The van der Waals surface area contributed by atoms with E-state index in [-0.39, 0.29) is 0 Å². The Morgan fingerprint density at radius 2 is 1.56 bits per heavy atom. The number of anilines is 1. The molecule has 1 N–H and O–H groups in total. The van der Waals surface area contributed by atoms with E-state index in [1.54, 1.807) is 7.11 Å². The van der Waals surface area contributed by atoms with Crippen LogP contribution < -0.4 is 10.1 Å². The number of nitrogens with one attached hydrogen (secondary N) is 1. The van der Waals surface area contributed by atoms with Crippen LogP contribution in [0.2, 0.25) is 0 Å². The van der Waals surface area contributed by atoms with Crippen LogP contribution in [0.5, 0.6) is 5.75 Å². The molecule has 2 nitrogen and oxygen atoms in total. The summed E-state index contributed by atoms with van der Waals surface area (Å²) in [5.41, 5.74) is 3.68. The molecule has 0 heterocycles. The minimum Gasteiger partial charge on any atom is -0.497 e. The first-order valence-electron chi connectivity index (χ1n) is 6.16. The molecule has 1 unspecified atom stereocenters. The molecule has 2 aromatic rings. The van der Waals surface area contributed by atoms with Crippen molar-refractivity contribution in [2.45, 2.75) is 19.9 Å². The monoisotopic (exact) mass is 241 g/mol. The van der Waals surface area contributed by atoms with Gasteiger partial charge < -0.3 is 10.1 Å². The molecule has 0 aliphatic carbocycles. The van der Waals surface area contributed by atoms with E-state index in [1.807, 2.05) is 24.3 Å². The third-order valence-electron chi connectivity index (χ3n) is 3.05. The number of hydrogen-bond acceptors (Lipinski definition) is 2. The molecule has 1 atom stereocenters. The fourth-order valence-electron chi connectivity index (χ4n) is 1.88. The van der Waals surface area contributed by atoms with Crippen LogP contribution in [-0.4, -0.2) is 7.11 Å². The number of rotatable bonds is 4. The third-order valence-corrected chi connectivity index (χ3v) is 3.05. The Labute approximate surface area is 109 Å². The predicted octanol–water partition coefficient (Wildman–Crippen LogP) is 4.18. The maximum Gasteiger partial charge on any atom is 0.119 e. The Morgan fingerprint density at radius 1 is 0.944 bits per heavy atom. The van der Waals surface area contributed by atoms with Crippen LogP contribution in [0.15, 0.2) is 48.5 Å². The van der Waals surface area contributed by atoms with Gasteiger partial charge in [0.1, 0.15) is 5.75 Å². The molecule has 0 aliphatic heterocycles. The molecule has 94 valence electrons. The summed E-state index contributed by atoms with van der Waals surface area (Å²) in [7, 11) is 1.68. The second-order valence-electron chi connectivity index (χ2n) is 4.51. The van der Waals surface area contributed by atoms with E-state index >= 15 is 0 Å². The van der Waals surface area contributed by atoms with E-state index in [0.717, 1.165) is 11.4 Å². The van der Waals surface area contributed by atoms with Crippen LogP contribution in [0, 0.1) is 6.92 Å². The Hall–Kier alpha value is -1.96. The maximum absolute atomic E-state index is 5.14. The van der Waals surface area contributed by atoms with Crippen molar-refractivity contribution in [1.82, 2.24) is 0 Å². The van der Waals surface area contributed by atoms with Crippen molar-refractivity contribution < 1.29 is 4.74 Å². The number of aryl methyl sites for hydroxylation is 1. The summed E-state index contributed by atoms with van der Waals surface area (Å²) in [5.74, 6) is 0.878. The highest BCUT2D eigenvalue weighted by Crippen LogP contribution is 2.21. The van der Waals surface area contributed by atoms with Gasteiger partial charge in [-0.2, -0.15) is 0 Å². The lowest BCUT2D eigenvalue weighted by Crippen LogP contribution is -2.06. The molecule has 0 bridgehead atoms. The van der Waals surface area contributed by atoms with Crippen LogP contribution in [0.1, 0.15) is 24.1 Å². The first-order valence-corrected chi connectivity index (χ1v) is 6.16. The summed E-state index contributed by atoms with van der Waals surface area (Å²) in [6.45, 7) is 4.26. The molecular formula is C16H19NO. The molecule has 0 saturated heterocycles. The zero-order valence-electron chi connectivity index (χ0n) is 11.1. The number of hydrogen-bond donors (Lipinski definition) is 1. The van der Waals surface area contributed by atoms with Crippen LogP contribution in [-0.2, 0) is 0 Å². The molecule has 0 spiro atoms. The van der Waals surface area contributed by atoms with Crippen molar-refractivity contribution in [3.8, 4) is 5.75 Å². The minimum atomic E-state index is 0.291. The van der Waals surface area contributed by atoms with Gasteiger partial charge >= 0.3 is 0 Å². The Balaban J connectivity index is 2.05. The van der Waals surface area contributed by atoms with Crippen LogP contribution in [0.4, 0.5) is 5.69 Å². The number of ether oxygens (including phenoxy) is 1. The van der Waals surface area contributed by atoms with Crippen molar-refractivity contribution in [2.24, 2.45) is 0 Å². The summed E-state index contributed by atoms with van der Waals surface area (Å²) in [5, 5.41) is 3.47. The Kier molecular flexibility index (Phi) is 3.88. The van der Waals surface area contributed by atoms with Crippen LogP contribution in [0.3, 0.4) is 0 Å². The first-order chi connectivity index (χ1) is 8.69. The summed E-state index contributed by atoms with van der Waals surface area (Å²) in [4.78, 5) is 0. The summed E-state index contributed by atoms with van der Waals surface area (Å²) in [6.07, 6.45) is 0. The topological polar surface area (TPSA) is 21.3 Å². The van der Waals surface area contributed by atoms with Crippen LogP contribution in [0.25, 0.3) is 0 Å². The zero-order chi connectivity index (χ0) is 13.0. The zero-order valence-corrected chi connectivity index (χ0v) is 11.1. The standard InChI is InChI=1S/C16H19NO/c1-12-4-6-14(7-5-12)13(2)17-15-8-10-16(18-3)11-9-15/h4-11,13,17H,1-3H3. The first kappa shape index (κ1) is 12.5. The molecule has 2 heteroatoms. The quantitative estimate of drug-likeness (QED) is 0.867. The fourth-order valence-corrected chi connectivity index (χ4v) is 1.88. The highest BCUT2D eigenvalue weighted by atomic mass is 16.5. The average Bonchev–Trinajstić information content (AvgIpc) is 2.40. The van der Waals surface area contributed by atoms with Gasteiger partial charge in [-0.3, -0.25) is 0 Å². The van der Waals surface area contributed by atoms with Gasteiger partial charge in [-0.1, -0.05) is 29.8 Å². The van der Waals surface area contributed by atoms with E-state index in [4.69, 9.17) is 4.74 Å². The molecule has 0 saturated carbocycles. The molecular weight excluding hydrogens is 222 g/mol. The molecule has 0 fully saturated rings. The van der Waals surface area contributed by atoms with Gasteiger partial charge in [-0.15, -0.1) is 0 Å². The lowest BCUT2D eigenvalue weighted by atomic mass is 10.1. The largest absolute Gasteiger partial charge is 0.497 e. The van der Waals surface area contributed by atoms with Crippen molar-refractivity contribution >= 4 is 5.69 Å². The second-order valence-corrected chi connectivity index (χ2v) is 4.51. The van der Waals surface area contributed by atoms with Crippen molar-refractivity contribution in [3.05, 3.63) is 59.7 Å². The molecule has 0 aromatic heterocycles. The van der Waals surface area contributed by atoms with E-state index in [2.05, 4.69) is 43.4 Å². The van der Waals surface area contributed by atoms with Gasteiger partial charge in [0.25, 0.3) is 0 Å². The highest BCUT2D eigenvalue weighted by Gasteiger charge is 2.04. The summed E-state index contributed by atoms with van der Waals surface area (Å²) in [6, 6.07) is 16.9. The van der Waals surface area contributed by atoms with Gasteiger partial charge in [0, 0.05) is 11.7 Å². The Morgan fingerprint density at radius 3 is 2.11 bits per heavy atom. The van der Waals surface area contributed by atoms with Crippen LogP contribution >= 0.6 is 0 Å². The molecule has 0 amide bonds. The lowest BCUT2D eigenvalue weighted by Gasteiger charge is -2.16. The van der Waals surface area contributed by atoms with E-state index in [0.29, 0.717) is 6.04 Å². The molecule has 18 heavy (non-hydrogen) atoms.